The number of anilines is 1. The molecule has 160 valence electrons. The molecule has 1 amide bonds. The molecule has 2 atom stereocenters. The van der Waals surface area contributed by atoms with E-state index < -0.39 is 0 Å². The number of rotatable bonds is 6. The zero-order valence-corrected chi connectivity index (χ0v) is 17.2. The molecule has 0 aliphatic carbocycles. The second-order valence-corrected chi connectivity index (χ2v) is 8.53. The molecule has 6 heteroatoms. The molecule has 0 aromatic heterocycles. The van der Waals surface area contributed by atoms with E-state index in [4.69, 9.17) is 0 Å². The number of halogens is 2. The Kier molecular flexibility index (Phi) is 6.62. The highest BCUT2D eigenvalue weighted by Gasteiger charge is 2.28. The molecule has 2 fully saturated rings. The largest absolute Gasteiger partial charge is 0.371 e. The molecule has 30 heavy (non-hydrogen) atoms. The van der Waals surface area contributed by atoms with Gasteiger partial charge in [-0.05, 0) is 73.7 Å². The van der Waals surface area contributed by atoms with Crippen LogP contribution in [0, 0.1) is 23.5 Å². The van der Waals surface area contributed by atoms with E-state index >= 15 is 0 Å². The van der Waals surface area contributed by atoms with Gasteiger partial charge in [-0.25, -0.2) is 8.78 Å². The Morgan fingerprint density at radius 2 is 1.83 bits per heavy atom. The van der Waals surface area contributed by atoms with Crippen LogP contribution in [-0.2, 0) is 11.3 Å². The van der Waals surface area contributed by atoms with Crippen molar-refractivity contribution in [2.45, 2.75) is 25.8 Å². The van der Waals surface area contributed by atoms with Crippen molar-refractivity contribution in [1.29, 1.82) is 0 Å². The van der Waals surface area contributed by atoms with Crippen molar-refractivity contribution in [3.8, 4) is 0 Å². The number of piperidine rings is 1. The molecule has 2 unspecified atom stereocenters. The summed E-state index contributed by atoms with van der Waals surface area (Å²) >= 11 is 0. The first-order valence-electron chi connectivity index (χ1n) is 10.8. The van der Waals surface area contributed by atoms with Crippen molar-refractivity contribution < 1.29 is 13.6 Å². The summed E-state index contributed by atoms with van der Waals surface area (Å²) in [6.07, 6.45) is 2.90. The summed E-state index contributed by atoms with van der Waals surface area (Å²) in [6.45, 7) is 4.82. The van der Waals surface area contributed by atoms with Crippen LogP contribution >= 0.6 is 0 Å². The van der Waals surface area contributed by atoms with E-state index in [9.17, 15) is 13.6 Å². The van der Waals surface area contributed by atoms with Gasteiger partial charge in [0.25, 0.3) is 0 Å². The van der Waals surface area contributed by atoms with Crippen molar-refractivity contribution in [2.75, 3.05) is 37.6 Å². The van der Waals surface area contributed by atoms with E-state index in [2.05, 4.69) is 15.1 Å². The number of nitrogens with zero attached hydrogens (tertiary/aromatic N) is 2. The zero-order valence-electron chi connectivity index (χ0n) is 17.2. The van der Waals surface area contributed by atoms with Crippen molar-refractivity contribution in [2.24, 2.45) is 11.8 Å². The fraction of sp³-hybridized carbons (Fsp3) is 0.458. The molecule has 1 N–H and O–H groups in total. The average molecular weight is 414 g/mol. The van der Waals surface area contributed by atoms with Gasteiger partial charge in [-0.15, -0.1) is 0 Å². The van der Waals surface area contributed by atoms with Gasteiger partial charge in [-0.1, -0.05) is 12.1 Å². The minimum Gasteiger partial charge on any atom is -0.371 e. The molecule has 0 spiro atoms. The van der Waals surface area contributed by atoms with Gasteiger partial charge in [0, 0.05) is 38.4 Å². The lowest BCUT2D eigenvalue weighted by molar-refractivity contribution is -0.126. The summed E-state index contributed by atoms with van der Waals surface area (Å²) in [5.74, 6) is 0.0813. The molecule has 2 aromatic carbocycles. The SMILES string of the molecule is O=C(NCC1CCN(c2ccc(F)cc2)C1)C1CCCN(Cc2cccc(F)c2)C1. The number of hydrogen-bond donors (Lipinski definition) is 1. The number of nitrogens with one attached hydrogen (secondary N) is 1. The number of carbonyl (C=O) groups excluding carboxylic acids is 1. The van der Waals surface area contributed by atoms with Crippen LogP contribution in [0.2, 0.25) is 0 Å². The van der Waals surface area contributed by atoms with Crippen LogP contribution in [0.25, 0.3) is 0 Å². The maximum absolute atomic E-state index is 13.4. The second kappa shape index (κ2) is 9.56. The van der Waals surface area contributed by atoms with Gasteiger partial charge >= 0.3 is 0 Å². The van der Waals surface area contributed by atoms with Crippen LogP contribution < -0.4 is 10.2 Å². The molecule has 2 aliphatic rings. The Hall–Kier alpha value is -2.47. The maximum Gasteiger partial charge on any atom is 0.224 e. The van der Waals surface area contributed by atoms with Crippen molar-refractivity contribution in [3.63, 3.8) is 0 Å². The van der Waals surface area contributed by atoms with E-state index in [1.54, 1.807) is 12.1 Å². The molecule has 0 bridgehead atoms. The van der Waals surface area contributed by atoms with Crippen LogP contribution in [0.4, 0.5) is 14.5 Å². The Labute approximate surface area is 176 Å². The summed E-state index contributed by atoms with van der Waals surface area (Å²) in [5, 5.41) is 3.16. The van der Waals surface area contributed by atoms with Crippen LogP contribution in [0.3, 0.4) is 0 Å². The minimum absolute atomic E-state index is 0.0121. The first kappa shape index (κ1) is 20.8. The monoisotopic (exact) mass is 413 g/mol. The van der Waals surface area contributed by atoms with Gasteiger partial charge in [0.2, 0.25) is 5.91 Å². The number of benzene rings is 2. The summed E-state index contributed by atoms with van der Waals surface area (Å²) in [4.78, 5) is 17.2. The van der Waals surface area contributed by atoms with Crippen molar-refractivity contribution in [1.82, 2.24) is 10.2 Å². The zero-order chi connectivity index (χ0) is 20.9. The molecule has 2 heterocycles. The third-order valence-electron chi connectivity index (χ3n) is 6.21. The summed E-state index contributed by atoms with van der Waals surface area (Å²) in [5.41, 5.74) is 1.98. The van der Waals surface area contributed by atoms with Crippen molar-refractivity contribution >= 4 is 11.6 Å². The molecular formula is C24H29F2N3O. The van der Waals surface area contributed by atoms with E-state index in [0.29, 0.717) is 25.6 Å². The standard InChI is InChI=1S/C24H29F2N3O/c25-21-6-8-23(9-7-21)29-12-10-19(16-29)14-27-24(30)20-4-2-11-28(17-20)15-18-3-1-5-22(26)13-18/h1,3,5-9,13,19-20H,2,4,10-12,14-17H2,(H,27,30). The molecule has 4 rings (SSSR count). The Balaban J connectivity index is 1.23. The number of amides is 1. The van der Waals surface area contributed by atoms with Crippen LogP contribution in [0.15, 0.2) is 48.5 Å². The quantitative estimate of drug-likeness (QED) is 0.782. The highest BCUT2D eigenvalue weighted by molar-refractivity contribution is 5.79. The van der Waals surface area contributed by atoms with Gasteiger partial charge in [-0.3, -0.25) is 9.69 Å². The van der Waals surface area contributed by atoms with Gasteiger partial charge in [0.1, 0.15) is 11.6 Å². The molecule has 4 nitrogen and oxygen atoms in total. The normalized spacial score (nSPS) is 22.3. The topological polar surface area (TPSA) is 35.6 Å². The molecule has 2 aliphatic heterocycles. The van der Waals surface area contributed by atoms with E-state index in [-0.39, 0.29) is 23.5 Å². The number of likely N-dealkylation sites (tertiary alicyclic amines) is 1. The third-order valence-corrected chi connectivity index (χ3v) is 6.21. The van der Waals surface area contributed by atoms with Crippen LogP contribution in [-0.4, -0.2) is 43.5 Å². The van der Waals surface area contributed by atoms with Gasteiger partial charge in [-0.2, -0.15) is 0 Å². The second-order valence-electron chi connectivity index (χ2n) is 8.53. The summed E-state index contributed by atoms with van der Waals surface area (Å²) in [6, 6.07) is 13.3. The number of hydrogen-bond acceptors (Lipinski definition) is 3. The third kappa shape index (κ3) is 5.36. The fourth-order valence-electron chi connectivity index (χ4n) is 4.58. The first-order valence-corrected chi connectivity index (χ1v) is 10.8. The van der Waals surface area contributed by atoms with Gasteiger partial charge < -0.3 is 10.2 Å². The first-order chi connectivity index (χ1) is 14.6. The van der Waals surface area contributed by atoms with E-state index in [1.807, 2.05) is 18.2 Å². The fourth-order valence-corrected chi connectivity index (χ4v) is 4.58. The maximum atomic E-state index is 13.4. The lowest BCUT2D eigenvalue weighted by Gasteiger charge is -2.32. The predicted molar refractivity (Wildman–Crippen MR) is 114 cm³/mol. The highest BCUT2D eigenvalue weighted by Crippen LogP contribution is 2.24. The Morgan fingerprint density at radius 3 is 2.63 bits per heavy atom. The van der Waals surface area contributed by atoms with E-state index in [0.717, 1.165) is 50.1 Å². The number of carbonyl (C=O) groups is 1. The molecule has 0 radical (unpaired) electrons. The highest BCUT2D eigenvalue weighted by atomic mass is 19.1. The Morgan fingerprint density at radius 1 is 1.00 bits per heavy atom. The molecule has 2 aromatic rings. The average Bonchev–Trinajstić information content (AvgIpc) is 3.22. The lowest BCUT2D eigenvalue weighted by Crippen LogP contribution is -2.44. The molecule has 2 saturated heterocycles. The van der Waals surface area contributed by atoms with Gasteiger partial charge in [0.05, 0.1) is 5.92 Å². The van der Waals surface area contributed by atoms with E-state index in [1.165, 1.54) is 18.2 Å². The summed E-state index contributed by atoms with van der Waals surface area (Å²) in [7, 11) is 0. The predicted octanol–water partition coefficient (Wildman–Crippen LogP) is 3.82. The summed E-state index contributed by atoms with van der Waals surface area (Å²) < 4.78 is 26.5. The van der Waals surface area contributed by atoms with Crippen LogP contribution in [0.1, 0.15) is 24.8 Å². The Bertz CT molecular complexity index is 858. The molecule has 0 saturated carbocycles. The van der Waals surface area contributed by atoms with Crippen LogP contribution in [0.5, 0.6) is 0 Å². The smallest absolute Gasteiger partial charge is 0.224 e. The van der Waals surface area contributed by atoms with Gasteiger partial charge in [0.15, 0.2) is 0 Å². The van der Waals surface area contributed by atoms with Crippen molar-refractivity contribution in [3.05, 3.63) is 65.7 Å². The minimum atomic E-state index is -0.222. The molecular weight excluding hydrogens is 384 g/mol. The lowest BCUT2D eigenvalue weighted by atomic mass is 9.96.